The van der Waals surface area contributed by atoms with Gasteiger partial charge in [-0.05, 0) is 42.7 Å². The van der Waals surface area contributed by atoms with E-state index < -0.39 is 6.04 Å². The van der Waals surface area contributed by atoms with Gasteiger partial charge in [0.15, 0.2) is 0 Å². The van der Waals surface area contributed by atoms with Crippen molar-refractivity contribution in [1.29, 1.82) is 0 Å². The van der Waals surface area contributed by atoms with E-state index in [0.29, 0.717) is 55.1 Å². The summed E-state index contributed by atoms with van der Waals surface area (Å²) >= 11 is 0. The molecular weight excluding hydrogens is 484 g/mol. The van der Waals surface area contributed by atoms with E-state index in [-0.39, 0.29) is 17.7 Å². The molecular formula is C29H34N4O5. The quantitative estimate of drug-likeness (QED) is 0.577. The van der Waals surface area contributed by atoms with Gasteiger partial charge in [-0.25, -0.2) is 0 Å². The third kappa shape index (κ3) is 5.58. The molecule has 0 aromatic heterocycles. The first-order valence-corrected chi connectivity index (χ1v) is 13.1. The second kappa shape index (κ2) is 11.4. The van der Waals surface area contributed by atoms with E-state index in [1.54, 1.807) is 21.9 Å². The summed E-state index contributed by atoms with van der Waals surface area (Å²) < 4.78 is 11.5. The first kappa shape index (κ1) is 25.9. The van der Waals surface area contributed by atoms with Crippen LogP contribution in [-0.2, 0) is 22.7 Å². The van der Waals surface area contributed by atoms with E-state index in [2.05, 4.69) is 16.8 Å². The average molecular weight is 519 g/mol. The average Bonchev–Trinajstić information content (AvgIpc) is 3.27. The Balaban J connectivity index is 1.17. The molecule has 2 aromatic carbocycles. The Bertz CT molecular complexity index is 1220. The van der Waals surface area contributed by atoms with Gasteiger partial charge in [0.1, 0.15) is 18.4 Å². The number of fused-ring (bicyclic) bond motifs is 1. The molecule has 5 rings (SSSR count). The third-order valence-electron chi connectivity index (χ3n) is 7.45. The topological polar surface area (TPSA) is 91.4 Å². The molecule has 0 aliphatic carbocycles. The summed E-state index contributed by atoms with van der Waals surface area (Å²) in [6.45, 7) is 9.24. The Hall–Kier alpha value is -3.69. The van der Waals surface area contributed by atoms with Gasteiger partial charge in [-0.3, -0.25) is 19.3 Å². The minimum Gasteiger partial charge on any atom is -0.489 e. The fraction of sp³-hybridized carbons (Fsp3) is 0.414. The van der Waals surface area contributed by atoms with Gasteiger partial charge < -0.3 is 24.6 Å². The lowest BCUT2D eigenvalue weighted by Gasteiger charge is -2.31. The summed E-state index contributed by atoms with van der Waals surface area (Å²) in [6, 6.07) is 12.3. The molecule has 1 atom stereocenters. The fourth-order valence-electron chi connectivity index (χ4n) is 5.12. The van der Waals surface area contributed by atoms with Gasteiger partial charge >= 0.3 is 0 Å². The Morgan fingerprint density at radius 2 is 1.92 bits per heavy atom. The summed E-state index contributed by atoms with van der Waals surface area (Å²) in [5, 5.41) is 2.76. The minimum atomic E-state index is -0.509. The van der Waals surface area contributed by atoms with Crippen LogP contribution in [0.5, 0.6) is 5.75 Å². The standard InChI is InChI=1S/C29H34N4O5/c1-20-6-11-25(27(34)30-20)33-18-24-23(29(33)36)4-3-5-26(24)38-19-21-7-9-22(10-8-21)28(35)31(2)12-13-32-14-16-37-17-15-32/h3-5,7-10,25H,1,6,11-19H2,2H3,(H,30,34). The van der Waals surface area contributed by atoms with E-state index in [1.807, 2.05) is 37.4 Å². The number of carbonyl (C=O) groups excluding carboxylic acids is 3. The summed E-state index contributed by atoms with van der Waals surface area (Å²) in [5.74, 6) is 0.271. The highest BCUT2D eigenvalue weighted by Crippen LogP contribution is 2.34. The number of ether oxygens (including phenoxy) is 2. The molecule has 2 fully saturated rings. The number of amides is 3. The van der Waals surface area contributed by atoms with Crippen molar-refractivity contribution in [2.75, 3.05) is 46.4 Å². The van der Waals surface area contributed by atoms with Crippen molar-refractivity contribution in [2.24, 2.45) is 0 Å². The van der Waals surface area contributed by atoms with Crippen molar-refractivity contribution in [3.63, 3.8) is 0 Å². The highest BCUT2D eigenvalue weighted by molar-refractivity contribution is 6.02. The third-order valence-corrected chi connectivity index (χ3v) is 7.45. The van der Waals surface area contributed by atoms with Crippen LogP contribution in [0.4, 0.5) is 0 Å². The molecule has 3 heterocycles. The van der Waals surface area contributed by atoms with Crippen molar-refractivity contribution in [2.45, 2.75) is 32.0 Å². The molecule has 2 saturated heterocycles. The number of hydrogen-bond donors (Lipinski definition) is 1. The molecule has 2 aromatic rings. The number of piperidine rings is 1. The Labute approximate surface area is 223 Å². The number of allylic oxidation sites excluding steroid dienone is 1. The molecule has 1 unspecified atom stereocenters. The number of rotatable bonds is 8. The van der Waals surface area contributed by atoms with Gasteiger partial charge in [-0.15, -0.1) is 0 Å². The maximum atomic E-state index is 13.1. The van der Waals surface area contributed by atoms with E-state index in [1.165, 1.54) is 0 Å². The lowest BCUT2D eigenvalue weighted by molar-refractivity contribution is -0.126. The van der Waals surface area contributed by atoms with Crippen LogP contribution in [0.3, 0.4) is 0 Å². The van der Waals surface area contributed by atoms with Crippen LogP contribution in [-0.4, -0.2) is 84.9 Å². The largest absolute Gasteiger partial charge is 0.489 e. The molecule has 0 saturated carbocycles. The second-order valence-corrected chi connectivity index (χ2v) is 10.0. The summed E-state index contributed by atoms with van der Waals surface area (Å²) in [7, 11) is 1.83. The van der Waals surface area contributed by atoms with Crippen LogP contribution in [0.25, 0.3) is 0 Å². The summed E-state index contributed by atoms with van der Waals surface area (Å²) in [4.78, 5) is 44.1. The highest BCUT2D eigenvalue weighted by Gasteiger charge is 2.39. The number of nitrogens with one attached hydrogen (secondary N) is 1. The maximum Gasteiger partial charge on any atom is 0.255 e. The van der Waals surface area contributed by atoms with Crippen molar-refractivity contribution in [1.82, 2.24) is 20.0 Å². The molecule has 0 radical (unpaired) electrons. The van der Waals surface area contributed by atoms with Gasteiger partial charge in [0, 0.05) is 55.6 Å². The maximum absolute atomic E-state index is 13.1. The van der Waals surface area contributed by atoms with E-state index in [4.69, 9.17) is 9.47 Å². The normalized spacial score (nSPS) is 19.8. The van der Waals surface area contributed by atoms with Crippen LogP contribution in [0.1, 0.15) is 44.7 Å². The number of likely N-dealkylation sites (N-methyl/N-ethyl adjacent to an activating group) is 1. The number of benzene rings is 2. The van der Waals surface area contributed by atoms with Crippen molar-refractivity contribution in [3.05, 3.63) is 77.0 Å². The van der Waals surface area contributed by atoms with Crippen molar-refractivity contribution in [3.8, 4) is 5.75 Å². The molecule has 3 aliphatic rings. The van der Waals surface area contributed by atoms with E-state index in [9.17, 15) is 14.4 Å². The zero-order valence-electron chi connectivity index (χ0n) is 21.8. The molecule has 9 heteroatoms. The Kier molecular flexibility index (Phi) is 7.76. The first-order valence-electron chi connectivity index (χ1n) is 13.1. The molecule has 1 N–H and O–H groups in total. The molecule has 38 heavy (non-hydrogen) atoms. The molecule has 200 valence electrons. The number of morpholine rings is 1. The number of carbonyl (C=O) groups is 3. The van der Waals surface area contributed by atoms with Gasteiger partial charge in [-0.1, -0.05) is 24.8 Å². The summed E-state index contributed by atoms with van der Waals surface area (Å²) in [6.07, 6.45) is 1.22. The second-order valence-electron chi connectivity index (χ2n) is 10.0. The van der Waals surface area contributed by atoms with E-state index in [0.717, 1.165) is 44.0 Å². The predicted molar refractivity (Wildman–Crippen MR) is 142 cm³/mol. The summed E-state index contributed by atoms with van der Waals surface area (Å²) in [5.41, 5.74) is 3.60. The predicted octanol–water partition coefficient (Wildman–Crippen LogP) is 2.42. The van der Waals surface area contributed by atoms with Gasteiger partial charge in [0.2, 0.25) is 5.91 Å². The molecule has 3 aliphatic heterocycles. The highest BCUT2D eigenvalue weighted by atomic mass is 16.5. The van der Waals surface area contributed by atoms with Crippen LogP contribution < -0.4 is 10.1 Å². The Morgan fingerprint density at radius 3 is 2.66 bits per heavy atom. The van der Waals surface area contributed by atoms with Crippen LogP contribution >= 0.6 is 0 Å². The van der Waals surface area contributed by atoms with Crippen LogP contribution in [0.15, 0.2) is 54.7 Å². The van der Waals surface area contributed by atoms with E-state index >= 15 is 0 Å². The lowest BCUT2D eigenvalue weighted by atomic mass is 10.0. The van der Waals surface area contributed by atoms with Crippen molar-refractivity contribution < 1.29 is 23.9 Å². The SMILES string of the molecule is C=C1CCC(N2Cc3c(OCc4ccc(C(=O)N(C)CCN5CCOCC5)cc4)cccc3C2=O)C(=O)N1. The fourth-order valence-corrected chi connectivity index (χ4v) is 5.12. The first-order chi connectivity index (χ1) is 18.4. The minimum absolute atomic E-state index is 0.0134. The zero-order valence-corrected chi connectivity index (χ0v) is 21.8. The van der Waals surface area contributed by atoms with Crippen molar-refractivity contribution >= 4 is 17.7 Å². The monoisotopic (exact) mass is 518 g/mol. The van der Waals surface area contributed by atoms with Gasteiger partial charge in [0.05, 0.1) is 19.8 Å². The van der Waals surface area contributed by atoms with Crippen LogP contribution in [0, 0.1) is 0 Å². The van der Waals surface area contributed by atoms with Gasteiger partial charge in [-0.2, -0.15) is 0 Å². The molecule has 3 amide bonds. The zero-order chi connectivity index (χ0) is 26.6. The Morgan fingerprint density at radius 1 is 1.16 bits per heavy atom. The van der Waals surface area contributed by atoms with Gasteiger partial charge in [0.25, 0.3) is 11.8 Å². The van der Waals surface area contributed by atoms with Crippen LogP contribution in [0.2, 0.25) is 0 Å². The number of hydrogen-bond acceptors (Lipinski definition) is 6. The molecule has 9 nitrogen and oxygen atoms in total. The smallest absolute Gasteiger partial charge is 0.255 e. The molecule has 0 bridgehead atoms. The number of nitrogens with zero attached hydrogens (tertiary/aromatic N) is 3. The lowest BCUT2D eigenvalue weighted by Crippen LogP contribution is -2.49. The molecule has 0 spiro atoms.